The fraction of sp³-hybridized carbons (Fsp3) is 0.385. The molecule has 18 heavy (non-hydrogen) atoms. The van der Waals surface area contributed by atoms with Gasteiger partial charge in [-0.05, 0) is 18.6 Å². The summed E-state index contributed by atoms with van der Waals surface area (Å²) in [4.78, 5) is 22.1. The van der Waals surface area contributed by atoms with Gasteiger partial charge in [-0.1, -0.05) is 18.2 Å². The van der Waals surface area contributed by atoms with Crippen LogP contribution in [0.3, 0.4) is 0 Å². The van der Waals surface area contributed by atoms with Crippen molar-refractivity contribution in [2.75, 3.05) is 20.3 Å². The first-order chi connectivity index (χ1) is 8.63. The van der Waals surface area contributed by atoms with E-state index < -0.39 is 5.97 Å². The van der Waals surface area contributed by atoms with Crippen LogP contribution in [0, 0.1) is 6.92 Å². The van der Waals surface area contributed by atoms with Crippen molar-refractivity contribution in [2.24, 2.45) is 0 Å². The highest BCUT2D eigenvalue weighted by molar-refractivity contribution is 5.80. The van der Waals surface area contributed by atoms with E-state index in [9.17, 15) is 9.59 Å². The number of nitrogens with one attached hydrogen (secondary N) is 1. The maximum atomic E-state index is 11.3. The summed E-state index contributed by atoms with van der Waals surface area (Å²) in [7, 11) is 1.48. The van der Waals surface area contributed by atoms with Crippen molar-refractivity contribution < 1.29 is 19.1 Å². The smallest absolute Gasteiger partial charge is 0.309 e. The summed E-state index contributed by atoms with van der Waals surface area (Å²) in [6, 6.07) is 7.55. The highest BCUT2D eigenvalue weighted by atomic mass is 16.5. The van der Waals surface area contributed by atoms with Gasteiger partial charge in [-0.3, -0.25) is 9.59 Å². The second-order valence-corrected chi connectivity index (χ2v) is 3.70. The van der Waals surface area contributed by atoms with E-state index in [4.69, 9.17) is 9.47 Å². The van der Waals surface area contributed by atoms with Crippen LogP contribution in [0.25, 0.3) is 0 Å². The number of esters is 1. The molecule has 0 aliphatic rings. The molecular weight excluding hydrogens is 234 g/mol. The summed E-state index contributed by atoms with van der Waals surface area (Å²) in [5.41, 5.74) is 1.01. The Morgan fingerprint density at radius 3 is 2.67 bits per heavy atom. The van der Waals surface area contributed by atoms with E-state index in [1.807, 2.05) is 31.2 Å². The number of carbonyl (C=O) groups is 2. The molecule has 0 atom stereocenters. The monoisotopic (exact) mass is 251 g/mol. The molecule has 0 unspecified atom stereocenters. The van der Waals surface area contributed by atoms with Gasteiger partial charge in [0.2, 0.25) is 0 Å². The number of ether oxygens (including phenoxy) is 2. The van der Waals surface area contributed by atoms with Gasteiger partial charge < -0.3 is 14.8 Å². The zero-order valence-electron chi connectivity index (χ0n) is 10.6. The maximum absolute atomic E-state index is 11.3. The summed E-state index contributed by atoms with van der Waals surface area (Å²) in [6.07, 6.45) is 0.116. The summed E-state index contributed by atoms with van der Waals surface area (Å²) in [6.45, 7) is 1.91. The van der Waals surface area contributed by atoms with E-state index in [0.29, 0.717) is 0 Å². The molecule has 1 aromatic rings. The molecule has 0 saturated heterocycles. The largest absolute Gasteiger partial charge is 0.493 e. The van der Waals surface area contributed by atoms with E-state index in [1.165, 1.54) is 7.05 Å². The van der Waals surface area contributed by atoms with Gasteiger partial charge in [0.1, 0.15) is 5.75 Å². The molecule has 0 aliphatic carbocycles. The molecule has 0 aliphatic heterocycles. The number of benzene rings is 1. The molecule has 1 aromatic carbocycles. The first-order valence-electron chi connectivity index (χ1n) is 5.68. The standard InChI is InChI=1S/C13H17NO4/c1-10-5-3-4-6-11(10)17-8-7-13(16)18-9-12(15)14-2/h3-6H,7-9H2,1-2H3,(H,14,15). The molecule has 0 radical (unpaired) electrons. The third kappa shape index (κ3) is 4.86. The van der Waals surface area contributed by atoms with Crippen molar-refractivity contribution in [3.8, 4) is 5.75 Å². The van der Waals surface area contributed by atoms with Crippen LogP contribution in [0.4, 0.5) is 0 Å². The maximum Gasteiger partial charge on any atom is 0.309 e. The van der Waals surface area contributed by atoms with E-state index in [-0.39, 0.29) is 25.5 Å². The van der Waals surface area contributed by atoms with Gasteiger partial charge in [0.25, 0.3) is 5.91 Å². The highest BCUT2D eigenvalue weighted by Crippen LogP contribution is 2.16. The number of hydrogen-bond acceptors (Lipinski definition) is 4. The van der Waals surface area contributed by atoms with Gasteiger partial charge in [-0.25, -0.2) is 0 Å². The normalized spacial score (nSPS) is 9.67. The zero-order valence-corrected chi connectivity index (χ0v) is 10.6. The third-order valence-electron chi connectivity index (χ3n) is 2.30. The summed E-state index contributed by atoms with van der Waals surface area (Å²) in [5.74, 6) is -0.0352. The first-order valence-corrected chi connectivity index (χ1v) is 5.68. The van der Waals surface area contributed by atoms with E-state index >= 15 is 0 Å². The first kappa shape index (κ1) is 14.0. The predicted molar refractivity (Wildman–Crippen MR) is 66.3 cm³/mol. The molecular formula is C13H17NO4. The third-order valence-corrected chi connectivity index (χ3v) is 2.30. The van der Waals surface area contributed by atoms with Gasteiger partial charge >= 0.3 is 5.97 Å². The van der Waals surface area contributed by atoms with Crippen molar-refractivity contribution >= 4 is 11.9 Å². The van der Waals surface area contributed by atoms with Crippen molar-refractivity contribution in [1.82, 2.24) is 5.32 Å². The summed E-state index contributed by atoms with van der Waals surface area (Å²) < 4.78 is 10.2. The van der Waals surface area contributed by atoms with E-state index in [1.54, 1.807) is 0 Å². The van der Waals surface area contributed by atoms with Gasteiger partial charge in [0, 0.05) is 7.05 Å². The number of amides is 1. The Labute approximate surface area is 106 Å². The Morgan fingerprint density at radius 2 is 2.00 bits per heavy atom. The van der Waals surface area contributed by atoms with Crippen LogP contribution in [0.15, 0.2) is 24.3 Å². The lowest BCUT2D eigenvalue weighted by atomic mass is 10.2. The average molecular weight is 251 g/mol. The molecule has 1 N–H and O–H groups in total. The van der Waals surface area contributed by atoms with Gasteiger partial charge in [0.15, 0.2) is 6.61 Å². The fourth-order valence-corrected chi connectivity index (χ4v) is 1.25. The van der Waals surface area contributed by atoms with E-state index in [0.717, 1.165) is 11.3 Å². The molecule has 98 valence electrons. The Balaban J connectivity index is 2.24. The molecule has 0 aromatic heterocycles. The molecule has 0 saturated carbocycles. The summed E-state index contributed by atoms with van der Waals surface area (Å²) >= 11 is 0. The molecule has 0 spiro atoms. The van der Waals surface area contributed by atoms with Crippen LogP contribution in [-0.4, -0.2) is 32.1 Å². The van der Waals surface area contributed by atoms with Crippen LogP contribution in [0.5, 0.6) is 5.75 Å². The van der Waals surface area contributed by atoms with Gasteiger partial charge in [-0.2, -0.15) is 0 Å². The number of hydrogen-bond donors (Lipinski definition) is 1. The Bertz CT molecular complexity index is 417. The number of carbonyl (C=O) groups excluding carboxylic acids is 2. The minimum Gasteiger partial charge on any atom is -0.493 e. The zero-order chi connectivity index (χ0) is 13.4. The topological polar surface area (TPSA) is 64.6 Å². The Kier molecular flexibility index (Phi) is 5.70. The molecule has 5 heteroatoms. The SMILES string of the molecule is CNC(=O)COC(=O)CCOc1ccccc1C. The molecule has 5 nitrogen and oxygen atoms in total. The van der Waals surface area contributed by atoms with Crippen LogP contribution in [0.1, 0.15) is 12.0 Å². The summed E-state index contributed by atoms with van der Waals surface area (Å²) in [5, 5.41) is 2.36. The molecule has 0 bridgehead atoms. The van der Waals surface area contributed by atoms with Crippen LogP contribution in [-0.2, 0) is 14.3 Å². The average Bonchev–Trinajstić information content (AvgIpc) is 2.38. The molecule has 1 rings (SSSR count). The minimum absolute atomic E-state index is 0.116. The quantitative estimate of drug-likeness (QED) is 0.768. The lowest BCUT2D eigenvalue weighted by molar-refractivity contribution is -0.148. The highest BCUT2D eigenvalue weighted by Gasteiger charge is 2.06. The molecule has 0 fully saturated rings. The van der Waals surface area contributed by atoms with Crippen LogP contribution < -0.4 is 10.1 Å². The van der Waals surface area contributed by atoms with Crippen molar-refractivity contribution in [3.63, 3.8) is 0 Å². The molecule has 0 heterocycles. The number of para-hydroxylation sites is 1. The lowest BCUT2D eigenvalue weighted by Crippen LogP contribution is -2.25. The second-order valence-electron chi connectivity index (χ2n) is 3.70. The van der Waals surface area contributed by atoms with E-state index in [2.05, 4.69) is 5.32 Å². The van der Waals surface area contributed by atoms with Crippen molar-refractivity contribution in [2.45, 2.75) is 13.3 Å². The Hall–Kier alpha value is -2.04. The van der Waals surface area contributed by atoms with Crippen LogP contribution >= 0.6 is 0 Å². The van der Waals surface area contributed by atoms with Gasteiger partial charge in [-0.15, -0.1) is 0 Å². The number of aryl methyl sites for hydroxylation is 1. The lowest BCUT2D eigenvalue weighted by Gasteiger charge is -2.08. The minimum atomic E-state index is -0.452. The van der Waals surface area contributed by atoms with Crippen LogP contribution in [0.2, 0.25) is 0 Å². The number of likely N-dealkylation sites (N-methyl/N-ethyl adjacent to an activating group) is 1. The fourth-order valence-electron chi connectivity index (χ4n) is 1.25. The Morgan fingerprint density at radius 1 is 1.28 bits per heavy atom. The number of rotatable bonds is 6. The van der Waals surface area contributed by atoms with Crippen molar-refractivity contribution in [3.05, 3.63) is 29.8 Å². The second kappa shape index (κ2) is 7.32. The molecule has 1 amide bonds. The van der Waals surface area contributed by atoms with Gasteiger partial charge in [0.05, 0.1) is 13.0 Å². The van der Waals surface area contributed by atoms with Crippen molar-refractivity contribution in [1.29, 1.82) is 0 Å². The predicted octanol–water partition coefficient (Wildman–Crippen LogP) is 1.05.